The van der Waals surface area contributed by atoms with Crippen molar-refractivity contribution in [3.8, 4) is 0 Å². The molecule has 3 rings (SSSR count). The second-order valence-corrected chi connectivity index (χ2v) is 6.63. The first kappa shape index (κ1) is 12.7. The van der Waals surface area contributed by atoms with E-state index in [-0.39, 0.29) is 0 Å². The maximum Gasteiger partial charge on any atom is 0.212 e. The fourth-order valence-corrected chi connectivity index (χ4v) is 3.17. The van der Waals surface area contributed by atoms with Crippen LogP contribution in [0.4, 0.5) is 0 Å². The summed E-state index contributed by atoms with van der Waals surface area (Å²) in [6, 6.07) is 11.6. The van der Waals surface area contributed by atoms with E-state index >= 15 is 0 Å². The van der Waals surface area contributed by atoms with Crippen LogP contribution >= 0.6 is 0 Å². The quantitative estimate of drug-likeness (QED) is 0.583. The van der Waals surface area contributed by atoms with Crippen molar-refractivity contribution in [2.75, 3.05) is 0 Å². The van der Waals surface area contributed by atoms with E-state index in [1.54, 1.807) is 0 Å². The third-order valence-electron chi connectivity index (χ3n) is 4.41. The highest BCUT2D eigenvalue weighted by Crippen LogP contribution is 2.42. The molecule has 0 N–H and O–H groups in total. The molecule has 2 heteroatoms. The summed E-state index contributed by atoms with van der Waals surface area (Å²) in [5.41, 5.74) is 4.32. The second kappa shape index (κ2) is 4.66. The summed E-state index contributed by atoms with van der Waals surface area (Å²) in [4.78, 5) is 0. The van der Waals surface area contributed by atoms with E-state index < -0.39 is 0 Å². The molecule has 1 nitrogen and oxygen atoms in total. The molecule has 1 aliphatic heterocycles. The molecule has 1 aromatic carbocycles. The van der Waals surface area contributed by atoms with Crippen LogP contribution in [-0.4, -0.2) is 7.28 Å². The summed E-state index contributed by atoms with van der Waals surface area (Å²) < 4.78 is 2.39. The monoisotopic (exact) mass is 252 g/mol. The molecule has 19 heavy (non-hydrogen) atoms. The van der Waals surface area contributed by atoms with Crippen molar-refractivity contribution in [2.45, 2.75) is 38.8 Å². The highest BCUT2D eigenvalue weighted by molar-refractivity contribution is 6.53. The van der Waals surface area contributed by atoms with E-state index in [1.807, 2.05) is 0 Å². The molecular formula is C17H23BN+. The van der Waals surface area contributed by atoms with Crippen molar-refractivity contribution in [3.63, 3.8) is 0 Å². The number of aromatic nitrogens is 1. The van der Waals surface area contributed by atoms with Crippen molar-refractivity contribution in [1.82, 2.24) is 0 Å². The zero-order valence-corrected chi connectivity index (χ0v) is 12.5. The molecule has 2 unspecified atom stereocenters. The highest BCUT2D eigenvalue weighted by atomic mass is 14.9. The largest absolute Gasteiger partial charge is 0.212 e. The molecule has 1 aliphatic rings. The van der Waals surface area contributed by atoms with Gasteiger partial charge in [0, 0.05) is 23.3 Å². The topological polar surface area (TPSA) is 3.88 Å². The first-order valence-corrected chi connectivity index (χ1v) is 7.48. The van der Waals surface area contributed by atoms with Crippen LogP contribution in [0, 0.1) is 5.92 Å². The lowest BCUT2D eigenvalue weighted by molar-refractivity contribution is -0.652. The van der Waals surface area contributed by atoms with Gasteiger partial charge < -0.3 is 0 Å². The fraction of sp³-hybridized carbons (Fsp3) is 0.471. The Morgan fingerprint density at radius 3 is 2.58 bits per heavy atom. The maximum absolute atomic E-state index is 2.39. The van der Waals surface area contributed by atoms with Crippen LogP contribution in [-0.2, 0) is 13.5 Å². The number of fused-ring (bicyclic) bond motifs is 1. The van der Waals surface area contributed by atoms with Crippen LogP contribution in [0.2, 0.25) is 5.82 Å². The zero-order valence-electron chi connectivity index (χ0n) is 12.5. The molecule has 0 radical (unpaired) electrons. The van der Waals surface area contributed by atoms with Crippen molar-refractivity contribution in [3.05, 3.63) is 41.6 Å². The first-order chi connectivity index (χ1) is 9.06. The van der Waals surface area contributed by atoms with Gasteiger partial charge in [-0.3, -0.25) is 0 Å². The van der Waals surface area contributed by atoms with E-state index in [0.717, 1.165) is 17.6 Å². The molecule has 1 aromatic heterocycles. The molecule has 2 aromatic rings. The SMILES string of the molecule is CC(C)Cc1ccc2c(ccc(C3BC3C)[n+]2C)c1. The van der Waals surface area contributed by atoms with Gasteiger partial charge in [-0.15, -0.1) is 0 Å². The molecule has 0 bridgehead atoms. The van der Waals surface area contributed by atoms with Crippen molar-refractivity contribution < 1.29 is 4.57 Å². The van der Waals surface area contributed by atoms with Gasteiger partial charge >= 0.3 is 0 Å². The lowest BCUT2D eigenvalue weighted by Crippen LogP contribution is -2.34. The molecule has 0 saturated carbocycles. The predicted octanol–water partition coefficient (Wildman–Crippen LogP) is 3.16. The summed E-state index contributed by atoms with van der Waals surface area (Å²) in [6.07, 6.45) is 1.17. The minimum atomic E-state index is 0.720. The lowest BCUT2D eigenvalue weighted by Gasteiger charge is -2.07. The van der Waals surface area contributed by atoms with Gasteiger partial charge in [-0.25, -0.2) is 0 Å². The number of nitrogens with zero attached hydrogens (tertiary/aromatic N) is 1. The molecule has 2 heterocycles. The van der Waals surface area contributed by atoms with Crippen LogP contribution in [0.15, 0.2) is 30.3 Å². The van der Waals surface area contributed by atoms with Crippen LogP contribution < -0.4 is 4.57 Å². The van der Waals surface area contributed by atoms with Crippen molar-refractivity contribution in [1.29, 1.82) is 0 Å². The van der Waals surface area contributed by atoms with E-state index in [4.69, 9.17) is 0 Å². The Morgan fingerprint density at radius 2 is 1.95 bits per heavy atom. The highest BCUT2D eigenvalue weighted by Gasteiger charge is 2.41. The van der Waals surface area contributed by atoms with E-state index in [0.29, 0.717) is 0 Å². The Balaban J connectivity index is 2.02. The van der Waals surface area contributed by atoms with E-state index in [1.165, 1.54) is 35.9 Å². The smallest absolute Gasteiger partial charge is 0.199 e. The van der Waals surface area contributed by atoms with Crippen LogP contribution in [0.1, 0.15) is 37.8 Å². The third kappa shape index (κ3) is 2.41. The molecule has 0 amide bonds. The number of benzene rings is 1. The molecule has 2 atom stereocenters. The molecule has 1 saturated heterocycles. The Bertz CT molecular complexity index is 618. The number of hydrogen-bond donors (Lipinski definition) is 0. The summed E-state index contributed by atoms with van der Waals surface area (Å²) in [7, 11) is 3.57. The summed E-state index contributed by atoms with van der Waals surface area (Å²) in [6.45, 7) is 6.91. The summed E-state index contributed by atoms with van der Waals surface area (Å²) in [5.74, 6) is 2.37. The van der Waals surface area contributed by atoms with Gasteiger partial charge in [0.2, 0.25) is 5.52 Å². The molecule has 0 aliphatic carbocycles. The van der Waals surface area contributed by atoms with E-state index in [2.05, 4.69) is 62.7 Å². The standard InChI is InChI=1S/C17H23BN/c1-11(2)9-13-5-7-15-14(10-13)6-8-16(19(15)4)17-12(3)18-17/h5-8,10-12,17-18H,9H2,1-4H3/q+1. The van der Waals surface area contributed by atoms with Gasteiger partial charge in [0.05, 0.1) is 0 Å². The molecule has 98 valence electrons. The minimum absolute atomic E-state index is 0.720. The number of rotatable bonds is 3. The molecular weight excluding hydrogens is 229 g/mol. The van der Waals surface area contributed by atoms with Crippen molar-refractivity contribution in [2.24, 2.45) is 13.0 Å². The summed E-state index contributed by atoms with van der Waals surface area (Å²) >= 11 is 0. The Hall–Kier alpha value is -1.31. The van der Waals surface area contributed by atoms with Gasteiger partial charge in [0.1, 0.15) is 14.3 Å². The van der Waals surface area contributed by atoms with Gasteiger partial charge in [0.25, 0.3) is 0 Å². The fourth-order valence-electron chi connectivity index (χ4n) is 3.17. The Labute approximate surface area is 116 Å². The average Bonchev–Trinajstić information content (AvgIpc) is 3.05. The number of pyridine rings is 1. The normalized spacial score (nSPS) is 21.7. The van der Waals surface area contributed by atoms with Crippen molar-refractivity contribution >= 4 is 18.2 Å². The van der Waals surface area contributed by atoms with Gasteiger partial charge in [-0.2, -0.15) is 4.57 Å². The summed E-state index contributed by atoms with van der Waals surface area (Å²) in [5, 5.41) is 1.37. The second-order valence-electron chi connectivity index (χ2n) is 6.63. The number of aryl methyl sites for hydroxylation is 1. The predicted molar refractivity (Wildman–Crippen MR) is 83.0 cm³/mol. The van der Waals surface area contributed by atoms with E-state index in [9.17, 15) is 0 Å². The maximum atomic E-state index is 2.39. The molecule has 1 fully saturated rings. The molecule has 0 spiro atoms. The zero-order chi connectivity index (χ0) is 13.6. The number of hydrogen-bond acceptors (Lipinski definition) is 0. The third-order valence-corrected chi connectivity index (χ3v) is 4.41. The lowest BCUT2D eigenvalue weighted by atomic mass is 9.97. The first-order valence-electron chi connectivity index (χ1n) is 7.48. The van der Waals surface area contributed by atoms with Gasteiger partial charge in [-0.1, -0.05) is 32.7 Å². The van der Waals surface area contributed by atoms with Gasteiger partial charge in [-0.05, 0) is 30.0 Å². The minimum Gasteiger partial charge on any atom is -0.199 e. The van der Waals surface area contributed by atoms with Crippen LogP contribution in [0.25, 0.3) is 10.9 Å². The average molecular weight is 252 g/mol. The Kier molecular flexibility index (Phi) is 3.12. The van der Waals surface area contributed by atoms with Gasteiger partial charge in [0.15, 0.2) is 5.69 Å². The van der Waals surface area contributed by atoms with Crippen LogP contribution in [0.5, 0.6) is 0 Å². The van der Waals surface area contributed by atoms with Crippen LogP contribution in [0.3, 0.4) is 0 Å². The Morgan fingerprint density at radius 1 is 1.21 bits per heavy atom.